The Kier molecular flexibility index (Phi) is 27.2. The number of anilines is 1. The quantitative estimate of drug-likeness (QED) is 0.0162. The number of ether oxygens (including phenoxy) is 5. The Hall–Kier alpha value is -7.98. The van der Waals surface area contributed by atoms with Gasteiger partial charge in [0.15, 0.2) is 0 Å². The molecule has 7 rings (SSSR count). The molecule has 0 N–H and O–H groups in total. The van der Waals surface area contributed by atoms with E-state index in [2.05, 4.69) is 20.8 Å². The Morgan fingerprint density at radius 3 is 0.964 bits per heavy atom. The number of hydrogen-bond donors (Lipinski definition) is 0. The lowest BCUT2D eigenvalue weighted by molar-refractivity contribution is 0.0725. The average Bonchev–Trinajstić information content (AvgIpc) is 3.72. The van der Waals surface area contributed by atoms with Crippen molar-refractivity contribution >= 4 is 29.4 Å². The van der Waals surface area contributed by atoms with Crippen molar-refractivity contribution in [2.24, 2.45) is 0 Å². The molecule has 0 aromatic heterocycles. The maximum atomic E-state index is 14.6. The molecule has 0 radical (unpaired) electrons. The monoisotopic (exact) mass is 1130 g/mol. The van der Waals surface area contributed by atoms with E-state index in [1.54, 1.807) is 84.9 Å². The van der Waals surface area contributed by atoms with Gasteiger partial charge in [0.2, 0.25) is 0 Å². The van der Waals surface area contributed by atoms with E-state index in [-0.39, 0.29) is 0 Å². The van der Waals surface area contributed by atoms with E-state index in [9.17, 15) is 19.2 Å². The Bertz CT molecular complexity index is 2860. The third kappa shape index (κ3) is 21.6. The average molecular weight is 1130 g/mol. The first kappa shape index (κ1) is 63.6. The number of hydrogen-bond acceptors (Lipinski definition) is 9. The summed E-state index contributed by atoms with van der Waals surface area (Å²) in [6.45, 7) is 8.52. The van der Waals surface area contributed by atoms with Gasteiger partial charge in [-0.1, -0.05) is 172 Å². The van der Waals surface area contributed by atoms with E-state index in [1.807, 2.05) is 84.9 Å². The van der Waals surface area contributed by atoms with Crippen LogP contribution in [0.15, 0.2) is 170 Å². The maximum Gasteiger partial charge on any atom is 0.343 e. The number of imide groups is 1. The number of carbonyl (C=O) groups is 4. The van der Waals surface area contributed by atoms with Gasteiger partial charge in [0.05, 0.1) is 36.6 Å². The smallest absolute Gasteiger partial charge is 0.343 e. The van der Waals surface area contributed by atoms with E-state index in [0.29, 0.717) is 77.9 Å². The molecule has 0 saturated heterocycles. The zero-order chi connectivity index (χ0) is 59.0. The summed E-state index contributed by atoms with van der Waals surface area (Å²) in [5.41, 5.74) is 6.28. The molecule has 0 aliphatic carbocycles. The number of benzene rings is 7. The topological polar surface area (TPSA) is 118 Å². The van der Waals surface area contributed by atoms with Crippen LogP contribution in [-0.2, 0) is 25.7 Å². The first-order valence-corrected chi connectivity index (χ1v) is 31.1. The Morgan fingerprint density at radius 1 is 0.310 bits per heavy atom. The predicted molar refractivity (Wildman–Crippen MR) is 338 cm³/mol. The van der Waals surface area contributed by atoms with Crippen molar-refractivity contribution in [2.45, 2.75) is 162 Å². The van der Waals surface area contributed by atoms with Crippen molar-refractivity contribution in [3.8, 4) is 28.7 Å². The lowest BCUT2D eigenvalue weighted by Crippen LogP contribution is -2.37. The van der Waals surface area contributed by atoms with E-state index in [4.69, 9.17) is 23.7 Å². The normalized spacial score (nSPS) is 11.0. The lowest BCUT2D eigenvalue weighted by Gasteiger charge is -2.22. The molecule has 7 aromatic carbocycles. The fourth-order valence-corrected chi connectivity index (χ4v) is 9.87. The van der Waals surface area contributed by atoms with Gasteiger partial charge in [-0.05, 0) is 176 Å². The summed E-state index contributed by atoms with van der Waals surface area (Å²) in [5, 5.41) is 0. The predicted octanol–water partition coefficient (Wildman–Crippen LogP) is 18.4. The number of rotatable bonds is 37. The minimum atomic E-state index is -0.447. The molecule has 0 heterocycles. The van der Waals surface area contributed by atoms with Gasteiger partial charge in [-0.25, -0.2) is 14.5 Å². The summed E-state index contributed by atoms with van der Waals surface area (Å²) in [6, 6.07) is 51.2. The number of nitrogens with zero attached hydrogens (tertiary/aromatic N) is 1. The first-order chi connectivity index (χ1) is 41.2. The molecule has 0 saturated carbocycles. The van der Waals surface area contributed by atoms with E-state index in [0.717, 1.165) is 85.1 Å². The molecule has 0 aliphatic rings. The summed E-state index contributed by atoms with van der Waals surface area (Å²) < 4.78 is 29.3. The van der Waals surface area contributed by atoms with Crippen LogP contribution in [0.4, 0.5) is 5.69 Å². The zero-order valence-electron chi connectivity index (χ0n) is 50.0. The Balaban J connectivity index is 0.918. The molecular weight excluding hydrogens is 1050 g/mol. The number of amides is 2. The molecule has 442 valence electrons. The molecule has 0 unspecified atom stereocenters. The van der Waals surface area contributed by atoms with Crippen molar-refractivity contribution in [1.29, 1.82) is 0 Å². The van der Waals surface area contributed by atoms with Crippen LogP contribution in [-0.4, -0.2) is 43.6 Å². The van der Waals surface area contributed by atoms with Crippen LogP contribution in [0.5, 0.6) is 28.7 Å². The number of esters is 2. The van der Waals surface area contributed by atoms with Crippen LogP contribution in [0, 0.1) is 0 Å². The fraction of sp³-hybridized carbons (Fsp3) is 0.378. The molecule has 0 atom stereocenters. The van der Waals surface area contributed by atoms with Crippen LogP contribution in [0.1, 0.15) is 200 Å². The number of carbonyl (C=O) groups excluding carboxylic acids is 4. The van der Waals surface area contributed by atoms with Crippen molar-refractivity contribution < 1.29 is 42.9 Å². The second-order valence-electron chi connectivity index (χ2n) is 21.8. The second kappa shape index (κ2) is 35.9. The Morgan fingerprint density at radius 2 is 0.607 bits per heavy atom. The molecule has 10 nitrogen and oxygen atoms in total. The van der Waals surface area contributed by atoms with E-state index in [1.165, 1.54) is 81.9 Å². The van der Waals surface area contributed by atoms with E-state index >= 15 is 0 Å². The van der Waals surface area contributed by atoms with Gasteiger partial charge in [-0.3, -0.25) is 9.59 Å². The van der Waals surface area contributed by atoms with Gasteiger partial charge in [0.25, 0.3) is 11.8 Å². The summed E-state index contributed by atoms with van der Waals surface area (Å²) >= 11 is 0. The van der Waals surface area contributed by atoms with E-state index < -0.39 is 23.8 Å². The van der Waals surface area contributed by atoms with Gasteiger partial charge < -0.3 is 23.7 Å². The second-order valence-corrected chi connectivity index (χ2v) is 21.8. The molecule has 0 spiro atoms. The molecule has 0 aliphatic heterocycles. The third-order valence-corrected chi connectivity index (χ3v) is 15.0. The number of unbranched alkanes of at least 4 members (excludes halogenated alkanes) is 15. The minimum absolute atomic E-state index is 0.377. The molecule has 2 amide bonds. The van der Waals surface area contributed by atoms with Crippen molar-refractivity contribution in [2.75, 3.05) is 24.7 Å². The van der Waals surface area contributed by atoms with Gasteiger partial charge in [-0.2, -0.15) is 0 Å². The van der Waals surface area contributed by atoms with Crippen LogP contribution in [0.2, 0.25) is 0 Å². The summed E-state index contributed by atoms with van der Waals surface area (Å²) in [5.74, 6) is 1.25. The van der Waals surface area contributed by atoms with Crippen molar-refractivity contribution in [3.63, 3.8) is 0 Å². The highest BCUT2D eigenvalue weighted by molar-refractivity contribution is 6.25. The van der Waals surface area contributed by atoms with Gasteiger partial charge in [0, 0.05) is 17.2 Å². The minimum Gasteiger partial charge on any atom is -0.494 e. The largest absolute Gasteiger partial charge is 0.494 e. The SMILES string of the molecule is CCCCCCCCOc1ccc(C(=O)Oc2ccc(CCc3ccc(C(=O)N(C(=O)c4ccc(CCc5ccc(OC(=O)c6ccc(OCCCCCCCC)cc6)cc5)cc4)c4cccc(OCCCCCCCC)c4)cc3)cc2)cc1. The lowest BCUT2D eigenvalue weighted by atomic mass is 10.0. The highest BCUT2D eigenvalue weighted by Gasteiger charge is 2.27. The molecule has 84 heavy (non-hydrogen) atoms. The molecule has 7 aromatic rings. The van der Waals surface area contributed by atoms with Crippen LogP contribution in [0.3, 0.4) is 0 Å². The molecule has 10 heteroatoms. The number of aryl methyl sites for hydroxylation is 4. The zero-order valence-corrected chi connectivity index (χ0v) is 50.0. The highest BCUT2D eigenvalue weighted by Crippen LogP contribution is 2.27. The van der Waals surface area contributed by atoms with Crippen molar-refractivity contribution in [3.05, 3.63) is 214 Å². The fourth-order valence-electron chi connectivity index (χ4n) is 9.87. The summed E-state index contributed by atoms with van der Waals surface area (Å²) in [6.07, 6.45) is 24.1. The third-order valence-electron chi connectivity index (χ3n) is 15.0. The van der Waals surface area contributed by atoms with Crippen LogP contribution >= 0.6 is 0 Å². The van der Waals surface area contributed by atoms with Crippen LogP contribution in [0.25, 0.3) is 0 Å². The van der Waals surface area contributed by atoms with Gasteiger partial charge in [-0.15, -0.1) is 0 Å². The summed E-state index contributed by atoms with van der Waals surface area (Å²) in [4.78, 5) is 56.3. The molecular formula is C74H87NO9. The van der Waals surface area contributed by atoms with Crippen LogP contribution < -0.4 is 28.6 Å². The van der Waals surface area contributed by atoms with Crippen molar-refractivity contribution in [1.82, 2.24) is 0 Å². The maximum absolute atomic E-state index is 14.6. The molecule has 0 fully saturated rings. The Labute approximate surface area is 499 Å². The highest BCUT2D eigenvalue weighted by atomic mass is 16.5. The summed E-state index contributed by atoms with van der Waals surface area (Å²) in [7, 11) is 0. The van der Waals surface area contributed by atoms with Gasteiger partial charge in [0.1, 0.15) is 28.7 Å². The first-order valence-electron chi connectivity index (χ1n) is 31.1. The standard InChI is InChI=1S/C74H87NO9/c1-4-7-10-13-16-19-53-80-66-49-41-63(42-50-66)73(78)83-68-45-33-59(34-46-68)27-25-57-29-37-61(38-30-57)71(76)75(65-23-22-24-70(56-65)82-55-21-18-15-12-9-6-3)72(77)62-39-31-58(32-40-62)26-28-60-35-47-69(48-36-60)84-74(79)64-43-51-67(52-44-64)81-54-20-17-14-11-8-5-2/h22-24,29-52,56H,4-21,25-28,53-55H2,1-3H3. The van der Waals surface area contributed by atoms with Gasteiger partial charge >= 0.3 is 11.9 Å². The molecule has 0 bridgehead atoms.